The van der Waals surface area contributed by atoms with Crippen LogP contribution in [0.15, 0.2) is 18.2 Å². The first-order valence-electron chi connectivity index (χ1n) is 5.02. The van der Waals surface area contributed by atoms with Gasteiger partial charge in [0.25, 0.3) is 0 Å². The lowest BCUT2D eigenvalue weighted by atomic mass is 10.0. The van der Waals surface area contributed by atoms with Gasteiger partial charge in [-0.2, -0.15) is 0 Å². The fourth-order valence-electron chi connectivity index (χ4n) is 1.80. The molecule has 1 atom stereocenters. The van der Waals surface area contributed by atoms with Crippen molar-refractivity contribution in [2.75, 3.05) is 14.1 Å². The molecular formula is C12H20ClNO. The molecule has 0 aliphatic carbocycles. The highest BCUT2D eigenvalue weighted by Gasteiger charge is 2.15. The molecule has 0 aliphatic rings. The first-order valence-corrected chi connectivity index (χ1v) is 5.02. The van der Waals surface area contributed by atoms with Crippen molar-refractivity contribution in [3.63, 3.8) is 0 Å². The van der Waals surface area contributed by atoms with Gasteiger partial charge in [-0.3, -0.25) is 0 Å². The molecule has 1 aromatic rings. The Morgan fingerprint density at radius 3 is 2.40 bits per heavy atom. The zero-order chi connectivity index (χ0) is 10.7. The van der Waals surface area contributed by atoms with Gasteiger partial charge in [0.1, 0.15) is 5.75 Å². The fourth-order valence-corrected chi connectivity index (χ4v) is 1.80. The Bertz CT molecular complexity index is 312. The Kier molecular flexibility index (Phi) is 5.69. The van der Waals surface area contributed by atoms with E-state index in [0.717, 1.165) is 12.0 Å². The second-order valence-electron chi connectivity index (χ2n) is 3.95. The summed E-state index contributed by atoms with van der Waals surface area (Å²) in [6, 6.07) is 6.07. The predicted octanol–water partition coefficient (Wildman–Crippen LogP) is 3.14. The largest absolute Gasteiger partial charge is 0.508 e. The summed E-state index contributed by atoms with van der Waals surface area (Å²) in [5, 5.41) is 9.76. The molecule has 3 heteroatoms. The molecule has 86 valence electrons. The third kappa shape index (κ3) is 3.40. The number of phenols is 1. The van der Waals surface area contributed by atoms with Crippen LogP contribution < -0.4 is 0 Å². The van der Waals surface area contributed by atoms with Crippen LogP contribution in [0, 0.1) is 6.92 Å². The summed E-state index contributed by atoms with van der Waals surface area (Å²) < 4.78 is 0. The van der Waals surface area contributed by atoms with Crippen LogP contribution in [0.4, 0.5) is 0 Å². The summed E-state index contributed by atoms with van der Waals surface area (Å²) in [5.74, 6) is 0.399. The number of phenolic OH excluding ortho intramolecular Hbond substituents is 1. The van der Waals surface area contributed by atoms with Crippen molar-refractivity contribution in [2.45, 2.75) is 26.3 Å². The van der Waals surface area contributed by atoms with E-state index in [1.807, 2.05) is 27.1 Å². The van der Waals surface area contributed by atoms with Crippen molar-refractivity contribution in [1.82, 2.24) is 4.90 Å². The Balaban J connectivity index is 0.00000196. The second kappa shape index (κ2) is 5.99. The van der Waals surface area contributed by atoms with Crippen molar-refractivity contribution in [2.24, 2.45) is 0 Å². The van der Waals surface area contributed by atoms with E-state index in [2.05, 4.69) is 17.9 Å². The van der Waals surface area contributed by atoms with E-state index in [-0.39, 0.29) is 12.4 Å². The van der Waals surface area contributed by atoms with E-state index >= 15 is 0 Å². The van der Waals surface area contributed by atoms with E-state index in [4.69, 9.17) is 0 Å². The molecule has 1 N–H and O–H groups in total. The molecule has 0 spiro atoms. The van der Waals surface area contributed by atoms with Gasteiger partial charge in [0, 0.05) is 11.6 Å². The number of rotatable bonds is 3. The quantitative estimate of drug-likeness (QED) is 0.861. The van der Waals surface area contributed by atoms with Crippen LogP contribution in [0.25, 0.3) is 0 Å². The van der Waals surface area contributed by atoms with Crippen LogP contribution in [-0.2, 0) is 0 Å². The van der Waals surface area contributed by atoms with Gasteiger partial charge in [0.05, 0.1) is 0 Å². The minimum absolute atomic E-state index is 0. The van der Waals surface area contributed by atoms with Gasteiger partial charge in [-0.25, -0.2) is 0 Å². The molecule has 0 amide bonds. The summed E-state index contributed by atoms with van der Waals surface area (Å²) in [7, 11) is 4.08. The molecule has 15 heavy (non-hydrogen) atoms. The lowest BCUT2D eigenvalue weighted by Gasteiger charge is -2.24. The summed E-state index contributed by atoms with van der Waals surface area (Å²) in [4.78, 5) is 2.13. The minimum atomic E-state index is 0. The molecule has 0 bridgehead atoms. The van der Waals surface area contributed by atoms with E-state index < -0.39 is 0 Å². The maximum absolute atomic E-state index is 9.76. The van der Waals surface area contributed by atoms with Crippen LogP contribution in [0.5, 0.6) is 5.75 Å². The minimum Gasteiger partial charge on any atom is -0.508 e. The molecule has 0 saturated carbocycles. The number of halogens is 1. The molecule has 0 aliphatic heterocycles. The molecule has 0 aromatic heterocycles. The van der Waals surface area contributed by atoms with Crippen molar-refractivity contribution >= 4 is 12.4 Å². The zero-order valence-corrected chi connectivity index (χ0v) is 10.6. The monoisotopic (exact) mass is 229 g/mol. The lowest BCUT2D eigenvalue weighted by molar-refractivity contribution is 0.284. The Hall–Kier alpha value is -0.730. The van der Waals surface area contributed by atoms with Gasteiger partial charge >= 0.3 is 0 Å². The number of aryl methyl sites for hydroxylation is 1. The molecule has 0 radical (unpaired) electrons. The van der Waals surface area contributed by atoms with Crippen LogP contribution in [-0.4, -0.2) is 24.1 Å². The highest BCUT2D eigenvalue weighted by molar-refractivity contribution is 5.85. The highest BCUT2D eigenvalue weighted by Crippen LogP contribution is 2.30. The average Bonchev–Trinajstić information content (AvgIpc) is 2.11. The first kappa shape index (κ1) is 14.3. The smallest absolute Gasteiger partial charge is 0.120 e. The third-order valence-corrected chi connectivity index (χ3v) is 2.55. The van der Waals surface area contributed by atoms with Crippen molar-refractivity contribution in [3.8, 4) is 5.75 Å². The zero-order valence-electron chi connectivity index (χ0n) is 9.82. The van der Waals surface area contributed by atoms with Gasteiger partial charge in [-0.15, -0.1) is 12.4 Å². The molecule has 0 heterocycles. The van der Waals surface area contributed by atoms with Gasteiger partial charge in [0.15, 0.2) is 0 Å². The van der Waals surface area contributed by atoms with Crippen molar-refractivity contribution in [3.05, 3.63) is 29.3 Å². The molecule has 1 rings (SSSR count). The Labute approximate surface area is 98.3 Å². The van der Waals surface area contributed by atoms with E-state index in [0.29, 0.717) is 11.8 Å². The summed E-state index contributed by atoms with van der Waals surface area (Å²) in [6.07, 6.45) is 1.00. The fraction of sp³-hybridized carbons (Fsp3) is 0.500. The van der Waals surface area contributed by atoms with Crippen LogP contribution in [0.3, 0.4) is 0 Å². The summed E-state index contributed by atoms with van der Waals surface area (Å²) >= 11 is 0. The van der Waals surface area contributed by atoms with E-state index in [1.54, 1.807) is 6.07 Å². The molecule has 0 fully saturated rings. The summed E-state index contributed by atoms with van der Waals surface area (Å²) in [5.41, 5.74) is 2.22. The average molecular weight is 230 g/mol. The number of hydrogen-bond acceptors (Lipinski definition) is 2. The maximum atomic E-state index is 9.76. The SMILES string of the molecule is CCC(c1cc(C)ccc1O)N(C)C.Cl. The van der Waals surface area contributed by atoms with E-state index in [9.17, 15) is 5.11 Å². The maximum Gasteiger partial charge on any atom is 0.120 e. The molecule has 2 nitrogen and oxygen atoms in total. The normalized spacial score (nSPS) is 12.3. The predicted molar refractivity (Wildman–Crippen MR) is 66.8 cm³/mol. The van der Waals surface area contributed by atoms with Gasteiger partial charge in [-0.1, -0.05) is 24.6 Å². The van der Waals surface area contributed by atoms with Gasteiger partial charge in [0.2, 0.25) is 0 Å². The van der Waals surface area contributed by atoms with Crippen LogP contribution >= 0.6 is 12.4 Å². The topological polar surface area (TPSA) is 23.5 Å². The molecule has 1 aromatic carbocycles. The van der Waals surface area contributed by atoms with E-state index in [1.165, 1.54) is 5.56 Å². The Morgan fingerprint density at radius 2 is 1.93 bits per heavy atom. The lowest BCUT2D eigenvalue weighted by Crippen LogP contribution is -2.19. The van der Waals surface area contributed by atoms with Crippen molar-refractivity contribution in [1.29, 1.82) is 0 Å². The van der Waals surface area contributed by atoms with Crippen LogP contribution in [0.2, 0.25) is 0 Å². The number of benzene rings is 1. The number of hydrogen-bond donors (Lipinski definition) is 1. The molecular weight excluding hydrogens is 210 g/mol. The third-order valence-electron chi connectivity index (χ3n) is 2.55. The summed E-state index contributed by atoms with van der Waals surface area (Å²) in [6.45, 7) is 4.18. The van der Waals surface area contributed by atoms with Gasteiger partial charge in [-0.05, 0) is 33.5 Å². The number of aromatic hydroxyl groups is 1. The van der Waals surface area contributed by atoms with Crippen LogP contribution in [0.1, 0.15) is 30.5 Å². The van der Waals surface area contributed by atoms with Crippen molar-refractivity contribution < 1.29 is 5.11 Å². The van der Waals surface area contributed by atoms with Gasteiger partial charge < -0.3 is 10.0 Å². The standard InChI is InChI=1S/C12H19NO.ClH/c1-5-11(13(3)4)10-8-9(2)6-7-12(10)14;/h6-8,11,14H,5H2,1-4H3;1H. The molecule has 1 unspecified atom stereocenters. The number of nitrogens with zero attached hydrogens (tertiary/aromatic N) is 1. The Morgan fingerprint density at radius 1 is 1.33 bits per heavy atom. The molecule has 0 saturated heterocycles. The second-order valence-corrected chi connectivity index (χ2v) is 3.95. The first-order chi connectivity index (χ1) is 6.56. The highest BCUT2D eigenvalue weighted by atomic mass is 35.5.